The van der Waals surface area contributed by atoms with E-state index in [0.29, 0.717) is 5.56 Å². The summed E-state index contributed by atoms with van der Waals surface area (Å²) >= 11 is 0. The van der Waals surface area contributed by atoms with Gasteiger partial charge in [-0.25, -0.2) is 0 Å². The highest BCUT2D eigenvalue weighted by molar-refractivity contribution is 6.05. The first-order valence-corrected chi connectivity index (χ1v) is 6.26. The monoisotopic (exact) mass is 282 g/mol. The third-order valence-corrected chi connectivity index (χ3v) is 2.77. The molecule has 2 rings (SSSR count). The molecule has 0 atom stereocenters. The lowest BCUT2D eigenvalue weighted by molar-refractivity contribution is -0.110. The number of carbonyl (C=O) groups is 1. The fourth-order valence-electron chi connectivity index (χ4n) is 1.76. The van der Waals surface area contributed by atoms with Crippen LogP contribution in [0.4, 0.5) is 0 Å². The lowest BCUT2D eigenvalue weighted by Crippen LogP contribution is -1.91. The van der Waals surface area contributed by atoms with Crippen molar-refractivity contribution < 1.29 is 20.1 Å². The van der Waals surface area contributed by atoms with E-state index >= 15 is 0 Å². The molecule has 0 bridgehead atoms. The van der Waals surface area contributed by atoms with Gasteiger partial charge >= 0.3 is 0 Å². The number of aliphatic hydroxyl groups is 1. The van der Waals surface area contributed by atoms with Crippen LogP contribution in [0.2, 0.25) is 0 Å². The largest absolute Gasteiger partial charge is 0.508 e. The first kappa shape index (κ1) is 14.4. The Labute approximate surface area is 121 Å². The summed E-state index contributed by atoms with van der Waals surface area (Å²) in [5, 5.41) is 28.7. The minimum absolute atomic E-state index is 0.101. The van der Waals surface area contributed by atoms with Crippen LogP contribution in [0.1, 0.15) is 11.1 Å². The van der Waals surface area contributed by atoms with E-state index in [-0.39, 0.29) is 22.8 Å². The number of ketones is 1. The van der Waals surface area contributed by atoms with Crippen molar-refractivity contribution >= 4 is 17.6 Å². The molecule has 0 spiro atoms. The molecule has 0 aliphatic heterocycles. The van der Waals surface area contributed by atoms with Crippen molar-refractivity contribution in [3.8, 4) is 11.5 Å². The van der Waals surface area contributed by atoms with Crippen LogP contribution in [-0.4, -0.2) is 21.1 Å². The Balaban J connectivity index is 2.14. The minimum atomic E-state index is -0.431. The van der Waals surface area contributed by atoms with Crippen LogP contribution >= 0.6 is 0 Å². The van der Waals surface area contributed by atoms with Gasteiger partial charge in [0.2, 0.25) is 0 Å². The first-order valence-electron chi connectivity index (χ1n) is 6.26. The van der Waals surface area contributed by atoms with Crippen LogP contribution < -0.4 is 0 Å². The molecule has 2 aromatic rings. The van der Waals surface area contributed by atoms with Crippen LogP contribution in [0.3, 0.4) is 0 Å². The van der Waals surface area contributed by atoms with Gasteiger partial charge in [0.15, 0.2) is 5.78 Å². The summed E-state index contributed by atoms with van der Waals surface area (Å²) in [6.07, 6.45) is 3.82. The number of benzene rings is 2. The molecule has 3 N–H and O–H groups in total. The summed E-state index contributed by atoms with van der Waals surface area (Å²) in [6, 6.07) is 12.6. The van der Waals surface area contributed by atoms with Crippen molar-refractivity contribution in [2.24, 2.45) is 0 Å². The predicted octanol–water partition coefficient (Wildman–Crippen LogP) is 3.28. The molecule has 0 saturated heterocycles. The summed E-state index contributed by atoms with van der Waals surface area (Å²) in [5.41, 5.74) is 0.857. The van der Waals surface area contributed by atoms with Gasteiger partial charge in [-0.3, -0.25) is 4.79 Å². The number of hydrogen-bond donors (Lipinski definition) is 3. The lowest BCUT2D eigenvalue weighted by atomic mass is 10.1. The first-order chi connectivity index (χ1) is 10.1. The third-order valence-electron chi connectivity index (χ3n) is 2.77. The van der Waals surface area contributed by atoms with Crippen LogP contribution in [0.25, 0.3) is 11.8 Å². The fourth-order valence-corrected chi connectivity index (χ4v) is 1.76. The number of rotatable bonds is 4. The number of phenolic OH excluding ortho intramolecular Hbond substituents is 2. The van der Waals surface area contributed by atoms with Crippen molar-refractivity contribution in [3.05, 3.63) is 71.8 Å². The molecule has 0 unspecified atom stereocenters. The van der Waals surface area contributed by atoms with Gasteiger partial charge < -0.3 is 15.3 Å². The number of hydrogen-bond acceptors (Lipinski definition) is 4. The van der Waals surface area contributed by atoms with E-state index in [1.807, 2.05) is 0 Å². The number of allylic oxidation sites excluding steroid dienone is 2. The summed E-state index contributed by atoms with van der Waals surface area (Å²) in [5.74, 6) is -0.731. The van der Waals surface area contributed by atoms with Gasteiger partial charge in [-0.05, 0) is 35.9 Å². The Kier molecular flexibility index (Phi) is 4.41. The van der Waals surface area contributed by atoms with E-state index in [1.54, 1.807) is 24.3 Å². The highest BCUT2D eigenvalue weighted by Gasteiger charge is 2.05. The van der Waals surface area contributed by atoms with Gasteiger partial charge in [0.05, 0.1) is 5.56 Å². The van der Waals surface area contributed by atoms with Crippen molar-refractivity contribution in [2.45, 2.75) is 0 Å². The Hall–Kier alpha value is -3.01. The highest BCUT2D eigenvalue weighted by atomic mass is 16.3. The van der Waals surface area contributed by atoms with Crippen molar-refractivity contribution in [2.75, 3.05) is 0 Å². The van der Waals surface area contributed by atoms with E-state index in [9.17, 15) is 20.1 Å². The lowest BCUT2D eigenvalue weighted by Gasteiger charge is -2.01. The molecule has 0 saturated carbocycles. The van der Waals surface area contributed by atoms with Crippen molar-refractivity contribution in [3.63, 3.8) is 0 Å². The maximum absolute atomic E-state index is 11.7. The molecule has 21 heavy (non-hydrogen) atoms. The SMILES string of the molecule is O=C(/C=C(\O)c1ccccc1O)/C=C/c1cccc(O)c1. The number of carbonyl (C=O) groups excluding carboxylic acids is 1. The molecule has 106 valence electrons. The smallest absolute Gasteiger partial charge is 0.182 e. The van der Waals surface area contributed by atoms with Gasteiger partial charge in [-0.15, -0.1) is 0 Å². The molecule has 2 aromatic carbocycles. The maximum atomic E-state index is 11.7. The van der Waals surface area contributed by atoms with E-state index in [2.05, 4.69) is 0 Å². The second-order valence-corrected chi connectivity index (χ2v) is 4.38. The summed E-state index contributed by atoms with van der Waals surface area (Å²) in [4.78, 5) is 11.7. The van der Waals surface area contributed by atoms with E-state index in [4.69, 9.17) is 0 Å². The van der Waals surface area contributed by atoms with Crippen molar-refractivity contribution in [1.29, 1.82) is 0 Å². The van der Waals surface area contributed by atoms with Gasteiger partial charge in [0.1, 0.15) is 17.3 Å². The summed E-state index contributed by atoms with van der Waals surface area (Å²) in [7, 11) is 0. The Bertz CT molecular complexity index is 714. The molecule has 0 radical (unpaired) electrons. The standard InChI is InChI=1S/C17H14O4/c18-13-5-3-4-12(10-13)8-9-14(19)11-17(21)15-6-1-2-7-16(15)20/h1-11,18,20-21H/b9-8+,17-11-. The Morgan fingerprint density at radius 3 is 2.48 bits per heavy atom. The van der Waals surface area contributed by atoms with E-state index in [1.165, 1.54) is 36.4 Å². The average molecular weight is 282 g/mol. The number of aliphatic hydroxyl groups excluding tert-OH is 1. The molecule has 0 aromatic heterocycles. The number of aromatic hydroxyl groups is 2. The molecule has 0 aliphatic rings. The molecular formula is C17H14O4. The van der Waals surface area contributed by atoms with E-state index in [0.717, 1.165) is 6.08 Å². The quantitative estimate of drug-likeness (QED) is 0.594. The van der Waals surface area contributed by atoms with Crippen LogP contribution in [-0.2, 0) is 4.79 Å². The topological polar surface area (TPSA) is 77.8 Å². The molecule has 0 heterocycles. The third kappa shape index (κ3) is 3.98. The summed E-state index contributed by atoms with van der Waals surface area (Å²) < 4.78 is 0. The van der Waals surface area contributed by atoms with Crippen LogP contribution in [0.5, 0.6) is 11.5 Å². The van der Waals surface area contributed by atoms with E-state index < -0.39 is 5.78 Å². The second kappa shape index (κ2) is 6.43. The Morgan fingerprint density at radius 2 is 1.76 bits per heavy atom. The van der Waals surface area contributed by atoms with Gasteiger partial charge in [-0.2, -0.15) is 0 Å². The zero-order valence-corrected chi connectivity index (χ0v) is 11.1. The Morgan fingerprint density at radius 1 is 1.00 bits per heavy atom. The molecule has 0 fully saturated rings. The normalized spacial score (nSPS) is 11.7. The highest BCUT2D eigenvalue weighted by Crippen LogP contribution is 2.22. The maximum Gasteiger partial charge on any atom is 0.182 e. The zero-order valence-electron chi connectivity index (χ0n) is 11.1. The van der Waals surface area contributed by atoms with Crippen molar-refractivity contribution in [1.82, 2.24) is 0 Å². The molecule has 4 nitrogen and oxygen atoms in total. The number of phenols is 2. The summed E-state index contributed by atoms with van der Waals surface area (Å²) in [6.45, 7) is 0. The molecule has 0 amide bonds. The van der Waals surface area contributed by atoms with Crippen LogP contribution in [0, 0.1) is 0 Å². The zero-order chi connectivity index (χ0) is 15.2. The number of para-hydroxylation sites is 1. The van der Waals surface area contributed by atoms with Crippen LogP contribution in [0.15, 0.2) is 60.7 Å². The second-order valence-electron chi connectivity index (χ2n) is 4.38. The molecule has 0 aliphatic carbocycles. The van der Waals surface area contributed by atoms with Gasteiger partial charge in [0, 0.05) is 6.08 Å². The minimum Gasteiger partial charge on any atom is -0.508 e. The molecule has 4 heteroatoms. The van der Waals surface area contributed by atoms with Gasteiger partial charge in [0.25, 0.3) is 0 Å². The molecular weight excluding hydrogens is 268 g/mol. The van der Waals surface area contributed by atoms with Gasteiger partial charge in [-0.1, -0.05) is 30.3 Å². The fraction of sp³-hybridized carbons (Fsp3) is 0. The average Bonchev–Trinajstić information content (AvgIpc) is 2.45. The predicted molar refractivity (Wildman–Crippen MR) is 80.9 cm³/mol.